The highest BCUT2D eigenvalue weighted by Gasteiger charge is 2.10. The van der Waals surface area contributed by atoms with Crippen molar-refractivity contribution in [1.29, 1.82) is 0 Å². The molecule has 1 unspecified atom stereocenters. The number of benzene rings is 1. The monoisotopic (exact) mass is 285 g/mol. The van der Waals surface area contributed by atoms with E-state index in [9.17, 15) is 8.76 Å². The fourth-order valence-electron chi connectivity index (χ4n) is 2.05. The first-order valence-electron chi connectivity index (χ1n) is 5.89. The Labute approximate surface area is 119 Å². The zero-order valence-electron chi connectivity index (χ0n) is 11.3. The summed E-state index contributed by atoms with van der Waals surface area (Å²) in [6.45, 7) is 0. The van der Waals surface area contributed by atoms with Gasteiger partial charge in [0.05, 0.1) is 0 Å². The number of aromatic nitrogens is 1. The van der Waals surface area contributed by atoms with Gasteiger partial charge >= 0.3 is 1.43 Å². The molecule has 0 N–H and O–H groups in total. The summed E-state index contributed by atoms with van der Waals surface area (Å²) < 4.78 is 22.6. The van der Waals surface area contributed by atoms with Crippen LogP contribution in [0.2, 0.25) is 0 Å². The van der Waals surface area contributed by atoms with E-state index >= 15 is 0 Å². The zero-order valence-corrected chi connectivity index (χ0v) is 11.2. The van der Waals surface area contributed by atoms with Crippen LogP contribution in [0.25, 0.3) is 10.8 Å². The Hall–Kier alpha value is -2.31. The first-order chi connectivity index (χ1) is 9.77. The number of nitrogens with zero attached hydrogens (tertiary/aromatic N) is 3. The van der Waals surface area contributed by atoms with Gasteiger partial charge in [0, 0.05) is 46.7 Å². The van der Waals surface area contributed by atoms with Crippen molar-refractivity contribution < 1.29 is 10.2 Å². The first-order valence-corrected chi connectivity index (χ1v) is 6.97. The van der Waals surface area contributed by atoms with E-state index < -0.39 is 11.1 Å². The molecule has 0 saturated carbocycles. The molecule has 0 amide bonds. The molecule has 2 aromatic rings. The molecule has 3 rings (SSSR count). The highest BCUT2D eigenvalue weighted by molar-refractivity contribution is 7.79. The normalized spacial score (nSPS) is 15.6. The lowest BCUT2D eigenvalue weighted by atomic mass is 10.1. The molecule has 0 aliphatic carbocycles. The van der Waals surface area contributed by atoms with Gasteiger partial charge in [0.2, 0.25) is 0 Å². The molecule has 0 spiro atoms. The van der Waals surface area contributed by atoms with Crippen molar-refractivity contribution in [3.05, 3.63) is 55.1 Å². The first kappa shape index (κ1) is 12.7. The summed E-state index contributed by atoms with van der Waals surface area (Å²) in [5.41, 5.74) is 0. The second-order valence-corrected chi connectivity index (χ2v) is 4.97. The zero-order chi connectivity index (χ0) is 13.9. The highest BCUT2D eigenvalue weighted by atomic mass is 32.2. The van der Waals surface area contributed by atoms with E-state index in [1.165, 1.54) is 0 Å². The summed E-state index contributed by atoms with van der Waals surface area (Å²) in [6, 6.07) is 6.83. The van der Waals surface area contributed by atoms with E-state index in [4.69, 9.17) is 0 Å². The van der Waals surface area contributed by atoms with Crippen LogP contribution >= 0.6 is 0 Å². The van der Waals surface area contributed by atoms with Crippen LogP contribution in [0.5, 0.6) is 0 Å². The van der Waals surface area contributed by atoms with Crippen LogP contribution in [-0.2, 0) is 11.1 Å². The Kier molecular flexibility index (Phi) is 3.41. The Morgan fingerprint density at radius 2 is 2.10 bits per heavy atom. The molecule has 0 radical (unpaired) electrons. The Balaban J connectivity index is 0.00000161. The Morgan fingerprint density at radius 3 is 2.95 bits per heavy atom. The van der Waals surface area contributed by atoms with Crippen molar-refractivity contribution in [2.24, 2.45) is 4.99 Å². The molecule has 0 saturated heterocycles. The van der Waals surface area contributed by atoms with Crippen LogP contribution in [0.3, 0.4) is 0 Å². The topological polar surface area (TPSA) is 68.6 Å². The van der Waals surface area contributed by atoms with Crippen molar-refractivity contribution >= 4 is 33.9 Å². The standard InChI is InChI=1S/C14H11N3O2S/c18-20(19)13-4-1-3-12-11(13)5-7-16-14(12)17-9-2-6-15-8-10-17/h1-10H,(H,18,19). The molecule has 0 fully saturated rings. The van der Waals surface area contributed by atoms with Crippen LogP contribution in [0.15, 0.2) is 65.0 Å². The fourth-order valence-corrected chi connectivity index (χ4v) is 2.59. The van der Waals surface area contributed by atoms with Gasteiger partial charge in [0.25, 0.3) is 0 Å². The maximum absolute atomic E-state index is 11.3. The molecule has 100 valence electrons. The van der Waals surface area contributed by atoms with E-state index in [1.807, 2.05) is 12.3 Å². The fraction of sp³-hybridized carbons (Fsp3) is 0. The summed E-state index contributed by atoms with van der Waals surface area (Å²) in [6.07, 6.45) is 10.3. The van der Waals surface area contributed by atoms with E-state index in [0.717, 1.165) is 5.39 Å². The quantitative estimate of drug-likeness (QED) is 0.795. The minimum absolute atomic E-state index is 0. The molecule has 5 nitrogen and oxygen atoms in total. The van der Waals surface area contributed by atoms with E-state index in [1.54, 1.807) is 54.0 Å². The van der Waals surface area contributed by atoms with Crippen LogP contribution in [0.1, 0.15) is 1.43 Å². The predicted octanol–water partition coefficient (Wildman–Crippen LogP) is 2.46. The van der Waals surface area contributed by atoms with E-state index in [2.05, 4.69) is 9.98 Å². The average Bonchev–Trinajstić information content (AvgIpc) is 2.74. The van der Waals surface area contributed by atoms with Crippen molar-refractivity contribution in [1.82, 2.24) is 4.98 Å². The largest absolute Gasteiger partial charge is 1.00 e. The number of aliphatic imine (C=N–C) groups is 1. The second kappa shape index (κ2) is 5.36. The summed E-state index contributed by atoms with van der Waals surface area (Å²) in [5.74, 6) is 0.660. The smallest absolute Gasteiger partial charge is 0.768 e. The number of allylic oxidation sites excluding steroid dienone is 1. The van der Waals surface area contributed by atoms with Crippen molar-refractivity contribution in [3.63, 3.8) is 0 Å². The average molecular weight is 285 g/mol. The predicted molar refractivity (Wildman–Crippen MR) is 79.3 cm³/mol. The second-order valence-electron chi connectivity index (χ2n) is 4.07. The van der Waals surface area contributed by atoms with Crippen LogP contribution in [0, 0.1) is 0 Å². The van der Waals surface area contributed by atoms with Gasteiger partial charge in [0.1, 0.15) is 5.82 Å². The summed E-state index contributed by atoms with van der Waals surface area (Å²) in [4.78, 5) is 10.4. The van der Waals surface area contributed by atoms with Gasteiger partial charge in [-0.2, -0.15) is 0 Å². The van der Waals surface area contributed by atoms with Crippen molar-refractivity contribution in [2.75, 3.05) is 4.90 Å². The van der Waals surface area contributed by atoms with Crippen LogP contribution < -0.4 is 4.90 Å². The maximum atomic E-state index is 11.3. The summed E-state index contributed by atoms with van der Waals surface area (Å²) in [5, 5.41) is 1.42. The van der Waals surface area contributed by atoms with Crippen molar-refractivity contribution in [2.45, 2.75) is 4.90 Å². The van der Waals surface area contributed by atoms with Gasteiger partial charge in [-0.15, -0.1) is 0 Å². The maximum Gasteiger partial charge on any atom is 1.00 e. The molecule has 0 bridgehead atoms. The summed E-state index contributed by atoms with van der Waals surface area (Å²) >= 11 is -2.28. The SMILES string of the molecule is O=S([O-])c1cccc2c(N3C=CC=NC=C3)nccc12.[H+]. The summed E-state index contributed by atoms with van der Waals surface area (Å²) in [7, 11) is 0. The lowest BCUT2D eigenvalue weighted by molar-refractivity contribution is 0.538. The molecule has 1 aliphatic rings. The number of pyridine rings is 1. The third-order valence-corrected chi connectivity index (χ3v) is 3.62. The number of rotatable bonds is 2. The van der Waals surface area contributed by atoms with Gasteiger partial charge in [-0.25, -0.2) is 4.98 Å². The van der Waals surface area contributed by atoms with Gasteiger partial charge in [0.15, 0.2) is 0 Å². The minimum Gasteiger partial charge on any atom is -0.768 e. The lowest BCUT2D eigenvalue weighted by Crippen LogP contribution is -2.09. The molecule has 1 atom stereocenters. The van der Waals surface area contributed by atoms with Crippen molar-refractivity contribution in [3.8, 4) is 0 Å². The van der Waals surface area contributed by atoms with E-state index in [0.29, 0.717) is 11.2 Å². The minimum atomic E-state index is -2.28. The van der Waals surface area contributed by atoms with Gasteiger partial charge in [-0.1, -0.05) is 12.1 Å². The third-order valence-electron chi connectivity index (χ3n) is 2.90. The molecule has 1 aromatic carbocycles. The third kappa shape index (κ3) is 2.26. The number of fused-ring (bicyclic) bond motifs is 1. The van der Waals surface area contributed by atoms with Crippen LogP contribution in [0.4, 0.5) is 5.82 Å². The highest BCUT2D eigenvalue weighted by Crippen LogP contribution is 2.28. The molecular weight excluding hydrogens is 274 g/mol. The van der Waals surface area contributed by atoms with E-state index in [-0.39, 0.29) is 6.32 Å². The molecule has 1 aromatic heterocycles. The Morgan fingerprint density at radius 1 is 1.20 bits per heavy atom. The Bertz CT molecular complexity index is 758. The van der Waals surface area contributed by atoms with Crippen LogP contribution in [-0.4, -0.2) is 20.0 Å². The number of anilines is 1. The van der Waals surface area contributed by atoms with Gasteiger partial charge < -0.3 is 9.45 Å². The molecule has 2 heterocycles. The van der Waals surface area contributed by atoms with Gasteiger partial charge in [-0.3, -0.25) is 9.20 Å². The molecule has 1 aliphatic heterocycles. The molecule has 20 heavy (non-hydrogen) atoms. The van der Waals surface area contributed by atoms with Gasteiger partial charge in [-0.05, 0) is 29.3 Å². The molecular formula is C14H11N3O2S. The molecule has 6 heteroatoms. The number of hydrogen-bond donors (Lipinski definition) is 0. The lowest BCUT2D eigenvalue weighted by Gasteiger charge is -2.17. The number of hydrogen-bond acceptors (Lipinski definition) is 5.